The van der Waals surface area contributed by atoms with Crippen molar-refractivity contribution in [3.05, 3.63) is 53.7 Å². The van der Waals surface area contributed by atoms with Crippen molar-refractivity contribution in [3.8, 4) is 17.0 Å². The van der Waals surface area contributed by atoms with Gasteiger partial charge in [0, 0.05) is 18.8 Å². The number of ether oxygens (including phenoxy) is 1. The average molecular weight is 331 g/mol. The van der Waals surface area contributed by atoms with Gasteiger partial charge in [-0.15, -0.1) is 0 Å². The van der Waals surface area contributed by atoms with Crippen LogP contribution in [-0.4, -0.2) is 25.4 Å². The summed E-state index contributed by atoms with van der Waals surface area (Å²) in [5, 5.41) is 5.01. The maximum Gasteiger partial charge on any atom is 0.138 e. The second kappa shape index (κ2) is 6.46. The van der Waals surface area contributed by atoms with E-state index in [2.05, 4.69) is 14.6 Å². The number of nitrogens with zero attached hydrogens (tertiary/aromatic N) is 4. The Labute approximate surface area is 140 Å². The minimum atomic E-state index is -0.0418. The second-order valence-corrected chi connectivity index (χ2v) is 6.00. The summed E-state index contributed by atoms with van der Waals surface area (Å²) < 4.78 is 9.83. The van der Waals surface area contributed by atoms with Gasteiger partial charge in [0.15, 0.2) is 0 Å². The molecule has 0 spiro atoms. The molecule has 0 saturated heterocycles. The number of aromatic nitrogens is 4. The van der Waals surface area contributed by atoms with E-state index in [1.165, 1.54) is 0 Å². The van der Waals surface area contributed by atoms with Crippen molar-refractivity contribution in [2.24, 2.45) is 7.05 Å². The highest BCUT2D eigenvalue weighted by atomic mass is 35.5. The van der Waals surface area contributed by atoms with Gasteiger partial charge in [0.1, 0.15) is 11.9 Å². The lowest BCUT2D eigenvalue weighted by Crippen LogP contribution is -2.19. The summed E-state index contributed by atoms with van der Waals surface area (Å²) in [5.41, 5.74) is 3.09. The monoisotopic (exact) mass is 330 g/mol. The Bertz CT molecular complexity index is 809. The maximum absolute atomic E-state index is 6.15. The third-order valence-corrected chi connectivity index (χ3v) is 3.93. The molecule has 0 unspecified atom stereocenters. The predicted molar refractivity (Wildman–Crippen MR) is 90.7 cm³/mol. The fourth-order valence-electron chi connectivity index (χ4n) is 2.61. The predicted octanol–water partition coefficient (Wildman–Crippen LogP) is 3.71. The number of hydrogen-bond donors (Lipinski definition) is 0. The molecule has 0 saturated carbocycles. The van der Waals surface area contributed by atoms with Crippen molar-refractivity contribution >= 4 is 11.6 Å². The van der Waals surface area contributed by atoms with Crippen LogP contribution in [0.5, 0.6) is 5.75 Å². The lowest BCUT2D eigenvalue weighted by molar-refractivity contribution is 0.200. The van der Waals surface area contributed by atoms with Gasteiger partial charge in [-0.1, -0.05) is 23.7 Å². The number of rotatable bonds is 5. The first-order valence-corrected chi connectivity index (χ1v) is 7.84. The zero-order valence-electron chi connectivity index (χ0n) is 13.4. The quantitative estimate of drug-likeness (QED) is 0.716. The SMILES string of the molecule is Cc1nn(C)cc1-c1cncn1C[C@@H](C)Oc1ccccc1Cl. The molecule has 0 aliphatic rings. The molecule has 120 valence electrons. The van der Waals surface area contributed by atoms with E-state index in [-0.39, 0.29) is 6.10 Å². The zero-order valence-corrected chi connectivity index (χ0v) is 14.2. The van der Waals surface area contributed by atoms with Crippen LogP contribution in [0.25, 0.3) is 11.3 Å². The van der Waals surface area contributed by atoms with Crippen LogP contribution in [0.4, 0.5) is 0 Å². The van der Waals surface area contributed by atoms with Crippen molar-refractivity contribution in [1.29, 1.82) is 0 Å². The van der Waals surface area contributed by atoms with Gasteiger partial charge in [0.05, 0.1) is 35.5 Å². The average Bonchev–Trinajstić information content (AvgIpc) is 3.07. The molecule has 1 atom stereocenters. The lowest BCUT2D eigenvalue weighted by Gasteiger charge is -2.17. The topological polar surface area (TPSA) is 44.9 Å². The number of imidazole rings is 1. The molecule has 0 radical (unpaired) electrons. The van der Waals surface area contributed by atoms with E-state index >= 15 is 0 Å². The second-order valence-electron chi connectivity index (χ2n) is 5.59. The lowest BCUT2D eigenvalue weighted by atomic mass is 10.2. The molecule has 3 rings (SSSR count). The van der Waals surface area contributed by atoms with Gasteiger partial charge < -0.3 is 9.30 Å². The van der Waals surface area contributed by atoms with Gasteiger partial charge >= 0.3 is 0 Å². The molecule has 0 bridgehead atoms. The first kappa shape index (κ1) is 15.6. The van der Waals surface area contributed by atoms with Gasteiger partial charge in [0.2, 0.25) is 0 Å². The first-order valence-electron chi connectivity index (χ1n) is 7.46. The Morgan fingerprint density at radius 1 is 1.30 bits per heavy atom. The van der Waals surface area contributed by atoms with Gasteiger partial charge in [-0.05, 0) is 26.0 Å². The summed E-state index contributed by atoms with van der Waals surface area (Å²) in [5.74, 6) is 0.695. The molecule has 2 heterocycles. The summed E-state index contributed by atoms with van der Waals surface area (Å²) in [6.07, 6.45) is 5.63. The molecule has 1 aromatic carbocycles. The molecular formula is C17H19ClN4O. The molecule has 2 aromatic heterocycles. The van der Waals surface area contributed by atoms with E-state index in [0.717, 1.165) is 17.0 Å². The highest BCUT2D eigenvalue weighted by Gasteiger charge is 2.14. The molecule has 0 amide bonds. The van der Waals surface area contributed by atoms with Crippen LogP contribution in [0.2, 0.25) is 5.02 Å². The molecule has 0 aliphatic carbocycles. The molecule has 23 heavy (non-hydrogen) atoms. The first-order chi connectivity index (χ1) is 11.0. The Morgan fingerprint density at radius 3 is 2.78 bits per heavy atom. The third-order valence-electron chi connectivity index (χ3n) is 3.62. The molecule has 0 N–H and O–H groups in total. The fourth-order valence-corrected chi connectivity index (χ4v) is 2.79. The van der Waals surface area contributed by atoms with Crippen LogP contribution >= 0.6 is 11.6 Å². The van der Waals surface area contributed by atoms with E-state index < -0.39 is 0 Å². The number of halogens is 1. The highest BCUT2D eigenvalue weighted by Crippen LogP contribution is 2.26. The van der Waals surface area contributed by atoms with Crippen molar-refractivity contribution in [3.63, 3.8) is 0 Å². The zero-order chi connectivity index (χ0) is 16.4. The van der Waals surface area contributed by atoms with Crippen molar-refractivity contribution < 1.29 is 4.74 Å². The van der Waals surface area contributed by atoms with Crippen LogP contribution in [0.1, 0.15) is 12.6 Å². The number of aryl methyl sites for hydroxylation is 2. The minimum absolute atomic E-state index is 0.0418. The molecule has 0 fully saturated rings. The summed E-state index contributed by atoms with van der Waals surface area (Å²) in [4.78, 5) is 4.27. The standard InChI is InChI=1S/C17H19ClN4O/c1-12(23-17-7-5-4-6-15(17)18)9-22-11-19-8-16(22)14-10-21(3)20-13(14)2/h4-8,10-12H,9H2,1-3H3/t12-/m1/s1. The van der Waals surface area contributed by atoms with Crippen LogP contribution in [0.15, 0.2) is 43.0 Å². The number of para-hydroxylation sites is 1. The highest BCUT2D eigenvalue weighted by molar-refractivity contribution is 6.32. The van der Waals surface area contributed by atoms with Crippen molar-refractivity contribution in [1.82, 2.24) is 19.3 Å². The summed E-state index contributed by atoms with van der Waals surface area (Å²) in [6.45, 7) is 4.69. The molecule has 0 aliphatic heterocycles. The van der Waals surface area contributed by atoms with Gasteiger partial charge in [-0.2, -0.15) is 5.10 Å². The van der Waals surface area contributed by atoms with Gasteiger partial charge in [-0.3, -0.25) is 4.68 Å². The normalized spacial score (nSPS) is 12.3. The van der Waals surface area contributed by atoms with Crippen LogP contribution in [0.3, 0.4) is 0 Å². The van der Waals surface area contributed by atoms with Gasteiger partial charge in [-0.25, -0.2) is 4.98 Å². The molecule has 6 heteroatoms. The largest absolute Gasteiger partial charge is 0.487 e. The van der Waals surface area contributed by atoms with Crippen molar-refractivity contribution in [2.75, 3.05) is 0 Å². The van der Waals surface area contributed by atoms with Crippen LogP contribution < -0.4 is 4.74 Å². The molecule has 5 nitrogen and oxygen atoms in total. The van der Waals surface area contributed by atoms with E-state index in [1.54, 1.807) is 0 Å². The Hall–Kier alpha value is -2.27. The Kier molecular flexibility index (Phi) is 4.39. The Balaban J connectivity index is 1.78. The van der Waals surface area contributed by atoms with Crippen LogP contribution in [0, 0.1) is 6.92 Å². The number of benzene rings is 1. The number of hydrogen-bond acceptors (Lipinski definition) is 3. The summed E-state index contributed by atoms with van der Waals surface area (Å²) in [7, 11) is 1.92. The van der Waals surface area contributed by atoms with Crippen LogP contribution in [-0.2, 0) is 13.6 Å². The van der Waals surface area contributed by atoms with E-state index in [1.807, 2.05) is 68.6 Å². The van der Waals surface area contributed by atoms with Crippen molar-refractivity contribution in [2.45, 2.75) is 26.5 Å². The Morgan fingerprint density at radius 2 is 2.09 bits per heavy atom. The van der Waals surface area contributed by atoms with Gasteiger partial charge in [0.25, 0.3) is 0 Å². The van der Waals surface area contributed by atoms with E-state index in [0.29, 0.717) is 17.3 Å². The smallest absolute Gasteiger partial charge is 0.138 e. The fraction of sp³-hybridized carbons (Fsp3) is 0.294. The van der Waals surface area contributed by atoms with E-state index in [9.17, 15) is 0 Å². The minimum Gasteiger partial charge on any atom is -0.487 e. The molecule has 3 aromatic rings. The molecular weight excluding hydrogens is 312 g/mol. The third kappa shape index (κ3) is 3.40. The maximum atomic E-state index is 6.15. The van der Waals surface area contributed by atoms with E-state index in [4.69, 9.17) is 16.3 Å². The summed E-state index contributed by atoms with van der Waals surface area (Å²) in [6, 6.07) is 7.50. The summed E-state index contributed by atoms with van der Waals surface area (Å²) >= 11 is 6.15.